The van der Waals surface area contributed by atoms with Gasteiger partial charge in [-0.3, -0.25) is 0 Å². The van der Waals surface area contributed by atoms with E-state index in [1.54, 1.807) is 16.4 Å². The molecule has 5 aliphatic carbocycles. The van der Waals surface area contributed by atoms with Crippen molar-refractivity contribution < 1.29 is 0 Å². The first-order valence-electron chi connectivity index (χ1n) is 22.4. The van der Waals surface area contributed by atoms with Gasteiger partial charge in [-0.05, 0) is 194 Å². The molecule has 0 N–H and O–H groups in total. The number of aryl methyl sites for hydroxylation is 8. The topological polar surface area (TPSA) is 0 Å². The van der Waals surface area contributed by atoms with Crippen LogP contribution in [0.3, 0.4) is 0 Å². The summed E-state index contributed by atoms with van der Waals surface area (Å²) in [5.74, 6) is 6.97. The molecule has 9 atom stereocenters. The second kappa shape index (κ2) is 14.9. The van der Waals surface area contributed by atoms with Crippen LogP contribution < -0.4 is 26.5 Å². The maximum absolute atomic E-state index is 4.53. The summed E-state index contributed by atoms with van der Waals surface area (Å²) >= 11 is 0. The maximum Gasteiger partial charge on any atom is 0.00705 e. The molecule has 5 aromatic carbocycles. The molecule has 0 aromatic heterocycles. The lowest BCUT2D eigenvalue weighted by Crippen LogP contribution is -2.66. The van der Waals surface area contributed by atoms with Crippen molar-refractivity contribution in [1.82, 2.24) is 0 Å². The van der Waals surface area contributed by atoms with Crippen LogP contribution in [0.15, 0.2) is 109 Å². The van der Waals surface area contributed by atoms with Gasteiger partial charge in [0.15, 0.2) is 0 Å². The Labute approximate surface area is 352 Å². The highest BCUT2D eigenvalue weighted by atomic mass is 31.1. The molecule has 5 fully saturated rings. The predicted octanol–water partition coefficient (Wildman–Crippen LogP) is 12.6. The monoisotopic (exact) mass is 796 g/mol. The van der Waals surface area contributed by atoms with Crippen molar-refractivity contribution in [3.8, 4) is 0 Å². The highest BCUT2D eigenvalue weighted by Gasteiger charge is 2.69. The van der Waals surface area contributed by atoms with Crippen LogP contribution in [0.5, 0.6) is 0 Å². The molecule has 0 aliphatic heterocycles. The molecule has 2 bridgehead atoms. The first-order chi connectivity index (χ1) is 27.9. The zero-order chi connectivity index (χ0) is 40.1. The largest absolute Gasteiger partial charge is 0.124 e. The minimum atomic E-state index is -0.725. The van der Waals surface area contributed by atoms with E-state index < -0.39 is 15.8 Å². The Hall–Kier alpha value is -3.52. The molecule has 9 unspecified atom stereocenters. The zero-order valence-electron chi connectivity index (χ0n) is 36.2. The number of hydrogen-bond acceptors (Lipinski definition) is 0. The van der Waals surface area contributed by atoms with E-state index in [-0.39, 0.29) is 0 Å². The third-order valence-corrected chi connectivity index (χ3v) is 20.4. The molecule has 0 amide bonds. The van der Waals surface area contributed by atoms with Gasteiger partial charge < -0.3 is 0 Å². The SMILES string of the molecule is C=C=C(C1CC2C3CC(c4c(C5CC6CCC5C6)cccc4P(c4cc(C)cc(C)c4)c4cc(C)cc(C)c4)C3C12)P(c1cc(C)cc(C)c1)c1cc(C)cc(C)c1. The van der Waals surface area contributed by atoms with E-state index in [1.165, 1.54) is 110 Å². The summed E-state index contributed by atoms with van der Waals surface area (Å²) in [5.41, 5.74) is 18.3. The lowest BCUT2D eigenvalue weighted by molar-refractivity contribution is -0.207. The molecule has 5 aromatic rings. The van der Waals surface area contributed by atoms with E-state index in [4.69, 9.17) is 0 Å². The van der Waals surface area contributed by atoms with E-state index in [0.717, 1.165) is 41.4 Å². The van der Waals surface area contributed by atoms with Crippen molar-refractivity contribution in [2.45, 2.75) is 106 Å². The van der Waals surface area contributed by atoms with Crippen LogP contribution >= 0.6 is 15.8 Å². The lowest BCUT2D eigenvalue weighted by atomic mass is 9.32. The molecule has 10 rings (SSSR count). The molecule has 5 aliphatic rings. The molecular weight excluding hydrogens is 735 g/mol. The Morgan fingerprint density at radius 1 is 0.534 bits per heavy atom. The Morgan fingerprint density at radius 2 is 1.03 bits per heavy atom. The average Bonchev–Trinajstić information content (AvgIpc) is 3.77. The van der Waals surface area contributed by atoms with Crippen LogP contribution in [0.1, 0.15) is 106 Å². The first-order valence-corrected chi connectivity index (χ1v) is 25.1. The van der Waals surface area contributed by atoms with Crippen molar-refractivity contribution >= 4 is 42.4 Å². The van der Waals surface area contributed by atoms with Gasteiger partial charge in [0.2, 0.25) is 0 Å². The fourth-order valence-corrected chi connectivity index (χ4v) is 19.5. The van der Waals surface area contributed by atoms with Gasteiger partial charge in [0, 0.05) is 5.31 Å². The first kappa shape index (κ1) is 38.7. The molecule has 5 saturated carbocycles. The van der Waals surface area contributed by atoms with Crippen molar-refractivity contribution in [1.29, 1.82) is 0 Å². The van der Waals surface area contributed by atoms with Gasteiger partial charge in [-0.15, -0.1) is 5.73 Å². The van der Waals surface area contributed by atoms with Gasteiger partial charge in [0.05, 0.1) is 0 Å². The average molecular weight is 797 g/mol. The highest BCUT2D eigenvalue weighted by Crippen LogP contribution is 2.77. The van der Waals surface area contributed by atoms with Crippen molar-refractivity contribution in [2.75, 3.05) is 0 Å². The Morgan fingerprint density at radius 3 is 1.50 bits per heavy atom. The van der Waals surface area contributed by atoms with Crippen molar-refractivity contribution in [2.24, 2.45) is 41.4 Å². The van der Waals surface area contributed by atoms with Crippen LogP contribution in [0.25, 0.3) is 0 Å². The summed E-state index contributed by atoms with van der Waals surface area (Å²) in [6.45, 7) is 22.8. The minimum Gasteiger partial charge on any atom is -0.124 e. The maximum atomic E-state index is 4.53. The molecule has 0 heterocycles. The van der Waals surface area contributed by atoms with Crippen LogP contribution in [-0.4, -0.2) is 0 Å². The molecule has 296 valence electrons. The fraction of sp³-hybridized carbons (Fsp3) is 0.411. The summed E-state index contributed by atoms with van der Waals surface area (Å²) in [6.07, 6.45) is 8.44. The summed E-state index contributed by atoms with van der Waals surface area (Å²) in [6, 6.07) is 37.1. The second-order valence-electron chi connectivity index (χ2n) is 19.8. The smallest absolute Gasteiger partial charge is 0.00705 e. The lowest BCUT2D eigenvalue weighted by Gasteiger charge is -2.73. The van der Waals surface area contributed by atoms with Gasteiger partial charge in [-0.25, -0.2) is 0 Å². The second-order valence-corrected chi connectivity index (χ2v) is 24.2. The van der Waals surface area contributed by atoms with Gasteiger partial charge in [0.25, 0.3) is 0 Å². The van der Waals surface area contributed by atoms with E-state index >= 15 is 0 Å². The van der Waals surface area contributed by atoms with Crippen LogP contribution in [0.4, 0.5) is 0 Å². The number of rotatable bonds is 9. The molecule has 0 saturated heterocycles. The van der Waals surface area contributed by atoms with Gasteiger partial charge in [-0.1, -0.05) is 149 Å². The van der Waals surface area contributed by atoms with E-state index in [1.807, 2.05) is 0 Å². The summed E-state index contributed by atoms with van der Waals surface area (Å²) in [5, 5.41) is 9.19. The fourth-order valence-electron chi connectivity index (χ4n) is 13.6. The van der Waals surface area contributed by atoms with Gasteiger partial charge >= 0.3 is 0 Å². The molecule has 0 nitrogen and oxygen atoms in total. The normalized spacial score (nSPS) is 27.7. The summed E-state index contributed by atoms with van der Waals surface area (Å²) in [4.78, 5) is 0. The van der Waals surface area contributed by atoms with Crippen molar-refractivity contribution in [3.63, 3.8) is 0 Å². The molecule has 0 radical (unpaired) electrons. The molecule has 58 heavy (non-hydrogen) atoms. The van der Waals surface area contributed by atoms with Crippen molar-refractivity contribution in [3.05, 3.63) is 164 Å². The van der Waals surface area contributed by atoms with Crippen LogP contribution in [0.2, 0.25) is 0 Å². The number of hydrogen-bond donors (Lipinski definition) is 0. The number of fused-ring (bicyclic) bond motifs is 6. The zero-order valence-corrected chi connectivity index (χ0v) is 38.0. The molecular formula is C56H62P2. The van der Waals surface area contributed by atoms with E-state index in [9.17, 15) is 0 Å². The molecule has 0 spiro atoms. The quantitative estimate of drug-likeness (QED) is 0.103. The number of allylic oxidation sites excluding steroid dienone is 1. The minimum absolute atomic E-state index is 0.567. The van der Waals surface area contributed by atoms with Crippen LogP contribution in [-0.2, 0) is 0 Å². The Bertz CT molecular complexity index is 2310. The highest BCUT2D eigenvalue weighted by molar-refractivity contribution is 7.80. The summed E-state index contributed by atoms with van der Waals surface area (Å²) in [7, 11) is -1.45. The van der Waals surface area contributed by atoms with E-state index in [2.05, 4.69) is 159 Å². The Kier molecular flexibility index (Phi) is 9.92. The van der Waals surface area contributed by atoms with E-state index in [0.29, 0.717) is 11.8 Å². The third kappa shape index (κ3) is 6.57. The Balaban J connectivity index is 1.09. The van der Waals surface area contributed by atoms with Crippen LogP contribution in [0, 0.1) is 96.8 Å². The van der Waals surface area contributed by atoms with Gasteiger partial charge in [-0.2, -0.15) is 0 Å². The molecule has 2 heteroatoms. The summed E-state index contributed by atoms with van der Waals surface area (Å²) < 4.78 is 0. The standard InChI is InChI=1S/C56H62P2/c1-10-52(57(42-20-32(2)16-33(3)21-42)43-22-34(4)17-35(5)23-43)50-30-48-49-31-51(56(49)55(48)50)54-46(47-29-40-14-15-41(47)28-40)12-11-13-53(54)58(44-24-36(6)18-37(7)25-44)45-26-38(8)19-39(9)27-45/h11-13,16-27,40-41,47-51,55-56H,1,14-15,28-31H2,2-9H3. The number of benzene rings is 5. The van der Waals surface area contributed by atoms with Gasteiger partial charge in [0.1, 0.15) is 0 Å². The predicted molar refractivity (Wildman–Crippen MR) is 252 cm³/mol. The third-order valence-electron chi connectivity index (χ3n) is 15.5.